The Morgan fingerprint density at radius 2 is 2.00 bits per heavy atom. The van der Waals surface area contributed by atoms with Gasteiger partial charge in [0, 0.05) is 10.6 Å². The minimum atomic E-state index is -0.0791. The zero-order valence-corrected chi connectivity index (χ0v) is 15.2. The summed E-state index contributed by atoms with van der Waals surface area (Å²) < 4.78 is 0.826. The summed E-state index contributed by atoms with van der Waals surface area (Å²) in [6.07, 6.45) is 1.81. The van der Waals surface area contributed by atoms with E-state index in [9.17, 15) is 4.79 Å². The van der Waals surface area contributed by atoms with Crippen molar-refractivity contribution in [1.29, 1.82) is 0 Å². The highest BCUT2D eigenvalue weighted by Gasteiger charge is 2.09. The van der Waals surface area contributed by atoms with Gasteiger partial charge in [0.15, 0.2) is 4.34 Å². The van der Waals surface area contributed by atoms with Crippen molar-refractivity contribution in [3.8, 4) is 0 Å². The molecular formula is C17H15N3OS3. The molecule has 1 amide bonds. The Morgan fingerprint density at radius 3 is 2.83 bits per heavy atom. The molecule has 0 unspecified atom stereocenters. The van der Waals surface area contributed by atoms with Crippen LogP contribution in [-0.2, 0) is 4.79 Å². The number of benzene rings is 2. The quantitative estimate of drug-likeness (QED) is 0.370. The Hall–Kier alpha value is -1.83. The predicted octanol–water partition coefficient (Wildman–Crippen LogP) is 4.70. The molecule has 1 heterocycles. The smallest absolute Gasteiger partial charge is 0.236 e. The van der Waals surface area contributed by atoms with Crippen molar-refractivity contribution < 1.29 is 4.79 Å². The molecule has 2 aromatic carbocycles. The van der Waals surface area contributed by atoms with Crippen LogP contribution in [0.3, 0.4) is 0 Å². The van der Waals surface area contributed by atoms with E-state index in [0.717, 1.165) is 15.0 Å². The van der Waals surface area contributed by atoms with Crippen molar-refractivity contribution in [3.05, 3.63) is 55.1 Å². The van der Waals surface area contributed by atoms with Gasteiger partial charge in [0.05, 0.1) is 5.75 Å². The molecule has 0 fully saturated rings. The highest BCUT2D eigenvalue weighted by Crippen LogP contribution is 2.26. The molecule has 0 bridgehead atoms. The summed E-state index contributed by atoms with van der Waals surface area (Å²) in [5.74, 6) is 1.04. The Morgan fingerprint density at radius 1 is 1.17 bits per heavy atom. The number of nitrogens with zero attached hydrogens (tertiary/aromatic N) is 2. The first-order chi connectivity index (χ1) is 11.7. The van der Waals surface area contributed by atoms with Crippen molar-refractivity contribution in [1.82, 2.24) is 10.2 Å². The first kappa shape index (κ1) is 17.0. The van der Waals surface area contributed by atoms with Gasteiger partial charge in [-0.25, -0.2) is 0 Å². The second kappa shape index (κ2) is 8.32. The molecule has 3 aromatic rings. The fraction of sp³-hybridized carbons (Fsp3) is 0.118. The Kier molecular flexibility index (Phi) is 5.90. The third-order valence-electron chi connectivity index (χ3n) is 3.07. The topological polar surface area (TPSA) is 54.9 Å². The van der Waals surface area contributed by atoms with Crippen molar-refractivity contribution in [3.63, 3.8) is 0 Å². The lowest BCUT2D eigenvalue weighted by atomic mass is 10.1. The number of carbonyl (C=O) groups is 1. The van der Waals surface area contributed by atoms with Crippen LogP contribution in [0.15, 0.2) is 64.4 Å². The third kappa shape index (κ3) is 4.59. The highest BCUT2D eigenvalue weighted by molar-refractivity contribution is 8.01. The minimum absolute atomic E-state index is 0.0791. The van der Waals surface area contributed by atoms with Gasteiger partial charge in [-0.1, -0.05) is 59.5 Å². The average molecular weight is 374 g/mol. The van der Waals surface area contributed by atoms with E-state index in [1.165, 1.54) is 33.9 Å². The zero-order valence-electron chi connectivity index (χ0n) is 12.8. The van der Waals surface area contributed by atoms with E-state index >= 15 is 0 Å². The largest absolute Gasteiger partial charge is 0.300 e. The van der Waals surface area contributed by atoms with Gasteiger partial charge in [-0.15, -0.1) is 28.5 Å². The Balaban J connectivity index is 1.54. The molecule has 4 nitrogen and oxygen atoms in total. The summed E-state index contributed by atoms with van der Waals surface area (Å²) in [6.45, 7) is 3.67. The molecule has 1 aromatic heterocycles. The van der Waals surface area contributed by atoms with Crippen LogP contribution < -0.4 is 5.32 Å². The molecule has 0 aliphatic rings. The molecule has 1 N–H and O–H groups in total. The van der Waals surface area contributed by atoms with Crippen molar-refractivity contribution in [2.75, 3.05) is 16.8 Å². The molecule has 0 atom stereocenters. The van der Waals surface area contributed by atoms with Gasteiger partial charge in [0.1, 0.15) is 0 Å². The van der Waals surface area contributed by atoms with Gasteiger partial charge in [0.2, 0.25) is 11.0 Å². The summed E-state index contributed by atoms with van der Waals surface area (Å²) in [4.78, 5) is 13.1. The SMILES string of the molecule is C=CCSc1nnc(NC(=O)CSc2ccc3ccccc3c2)s1. The molecule has 3 rings (SSSR count). The van der Waals surface area contributed by atoms with Crippen LogP contribution in [0.25, 0.3) is 10.8 Å². The van der Waals surface area contributed by atoms with Gasteiger partial charge in [-0.3, -0.25) is 10.1 Å². The monoisotopic (exact) mass is 373 g/mol. The maximum absolute atomic E-state index is 12.1. The lowest BCUT2D eigenvalue weighted by molar-refractivity contribution is -0.113. The standard InChI is InChI=1S/C17H15N3OS3/c1-2-9-22-17-20-19-16(24-17)18-15(21)11-23-14-8-7-12-5-3-4-6-13(12)10-14/h2-8,10H,1,9,11H2,(H,18,19,21). The molecule has 0 aliphatic carbocycles. The average Bonchev–Trinajstić information content (AvgIpc) is 3.05. The molecule has 0 radical (unpaired) electrons. The first-order valence-electron chi connectivity index (χ1n) is 7.23. The number of fused-ring (bicyclic) bond motifs is 1. The van der Waals surface area contributed by atoms with E-state index in [0.29, 0.717) is 10.9 Å². The minimum Gasteiger partial charge on any atom is -0.300 e. The lowest BCUT2D eigenvalue weighted by Gasteiger charge is -2.04. The summed E-state index contributed by atoms with van der Waals surface area (Å²) in [5.41, 5.74) is 0. The van der Waals surface area contributed by atoms with E-state index in [1.807, 2.05) is 24.3 Å². The maximum Gasteiger partial charge on any atom is 0.236 e. The maximum atomic E-state index is 12.1. The number of hydrogen-bond acceptors (Lipinski definition) is 6. The molecular weight excluding hydrogens is 358 g/mol. The molecule has 0 spiro atoms. The second-order valence-electron chi connectivity index (χ2n) is 4.82. The summed E-state index contributed by atoms with van der Waals surface area (Å²) in [7, 11) is 0. The Bertz CT molecular complexity index is 863. The van der Waals surface area contributed by atoms with E-state index < -0.39 is 0 Å². The zero-order chi connectivity index (χ0) is 16.8. The van der Waals surface area contributed by atoms with E-state index in [4.69, 9.17) is 0 Å². The molecule has 0 saturated carbocycles. The molecule has 122 valence electrons. The molecule has 0 saturated heterocycles. The third-order valence-corrected chi connectivity index (χ3v) is 6.03. The first-order valence-corrected chi connectivity index (χ1v) is 10.0. The van der Waals surface area contributed by atoms with E-state index in [1.54, 1.807) is 11.8 Å². The number of rotatable bonds is 7. The van der Waals surface area contributed by atoms with E-state index in [-0.39, 0.29) is 5.91 Å². The highest BCUT2D eigenvalue weighted by atomic mass is 32.2. The van der Waals surface area contributed by atoms with Gasteiger partial charge in [0.25, 0.3) is 0 Å². The predicted molar refractivity (Wildman–Crippen MR) is 104 cm³/mol. The second-order valence-corrected chi connectivity index (χ2v) is 8.11. The number of hydrogen-bond donors (Lipinski definition) is 1. The van der Waals surface area contributed by atoms with Crippen LogP contribution >= 0.6 is 34.9 Å². The number of anilines is 1. The van der Waals surface area contributed by atoms with Gasteiger partial charge in [-0.05, 0) is 22.9 Å². The fourth-order valence-corrected chi connectivity index (χ4v) is 4.28. The molecule has 0 aliphatic heterocycles. The number of thioether (sulfide) groups is 2. The normalized spacial score (nSPS) is 10.7. The van der Waals surface area contributed by atoms with Crippen LogP contribution in [0, 0.1) is 0 Å². The molecule has 7 heteroatoms. The van der Waals surface area contributed by atoms with E-state index in [2.05, 4.69) is 46.4 Å². The summed E-state index contributed by atoms with van der Waals surface area (Å²) in [6, 6.07) is 14.4. The number of amides is 1. The van der Waals surface area contributed by atoms with Crippen LogP contribution in [0.2, 0.25) is 0 Å². The summed E-state index contributed by atoms with van der Waals surface area (Å²) in [5, 5.41) is 13.7. The number of carbonyl (C=O) groups excluding carboxylic acids is 1. The van der Waals surface area contributed by atoms with Crippen molar-refractivity contribution in [2.45, 2.75) is 9.24 Å². The van der Waals surface area contributed by atoms with Crippen molar-refractivity contribution >= 4 is 56.7 Å². The summed E-state index contributed by atoms with van der Waals surface area (Å²) >= 11 is 4.44. The van der Waals surface area contributed by atoms with Gasteiger partial charge in [-0.2, -0.15) is 0 Å². The lowest BCUT2D eigenvalue weighted by Crippen LogP contribution is -2.13. The van der Waals surface area contributed by atoms with Gasteiger partial charge < -0.3 is 0 Å². The number of nitrogens with one attached hydrogen (secondary N) is 1. The molecule has 24 heavy (non-hydrogen) atoms. The van der Waals surface area contributed by atoms with Crippen LogP contribution in [-0.4, -0.2) is 27.6 Å². The number of aromatic nitrogens is 2. The van der Waals surface area contributed by atoms with Gasteiger partial charge >= 0.3 is 0 Å². The fourth-order valence-electron chi connectivity index (χ4n) is 2.01. The van der Waals surface area contributed by atoms with Crippen LogP contribution in [0.5, 0.6) is 0 Å². The Labute approximate surface area is 152 Å². The van der Waals surface area contributed by atoms with Crippen LogP contribution in [0.1, 0.15) is 0 Å². The van der Waals surface area contributed by atoms with Crippen LogP contribution in [0.4, 0.5) is 5.13 Å². The van der Waals surface area contributed by atoms with Crippen molar-refractivity contribution in [2.24, 2.45) is 0 Å².